The predicted octanol–water partition coefficient (Wildman–Crippen LogP) is 4.91. The minimum absolute atomic E-state index is 0.0853. The molecule has 2 aromatic heterocycles. The summed E-state index contributed by atoms with van der Waals surface area (Å²) in [6, 6.07) is 7.77. The summed E-state index contributed by atoms with van der Waals surface area (Å²) in [4.78, 5) is 20.7. The number of halogens is 2. The number of anilines is 1. The Bertz CT molecular complexity index is 1000. The van der Waals surface area contributed by atoms with E-state index in [-0.39, 0.29) is 16.6 Å². The van der Waals surface area contributed by atoms with E-state index in [1.165, 1.54) is 7.11 Å². The SMILES string of the molecule is COC(=O)c1nc(C2CC2)nc(NCc2cc3cc(Br)ccc3o2)c1Cl. The molecule has 0 radical (unpaired) electrons. The first-order chi connectivity index (χ1) is 12.5. The van der Waals surface area contributed by atoms with Gasteiger partial charge >= 0.3 is 5.97 Å². The summed E-state index contributed by atoms with van der Waals surface area (Å²) in [6.45, 7) is 0.383. The highest BCUT2D eigenvalue weighted by Crippen LogP contribution is 2.39. The number of carbonyl (C=O) groups is 1. The molecule has 0 atom stereocenters. The Balaban J connectivity index is 1.61. The molecule has 1 aromatic carbocycles. The molecule has 1 aliphatic rings. The standard InChI is InChI=1S/C18H15BrClN3O3/c1-25-18(24)15-14(20)17(23-16(22-15)9-2-3-9)21-8-12-7-10-6-11(19)4-5-13(10)26-12/h4-7,9H,2-3,8H2,1H3,(H,21,22,23). The maximum atomic E-state index is 12.0. The maximum Gasteiger partial charge on any atom is 0.358 e. The lowest BCUT2D eigenvalue weighted by Crippen LogP contribution is -2.12. The van der Waals surface area contributed by atoms with E-state index in [4.69, 9.17) is 20.8 Å². The van der Waals surface area contributed by atoms with Gasteiger partial charge in [-0.15, -0.1) is 0 Å². The van der Waals surface area contributed by atoms with E-state index in [0.717, 1.165) is 34.0 Å². The van der Waals surface area contributed by atoms with Crippen LogP contribution in [0.25, 0.3) is 11.0 Å². The minimum Gasteiger partial charge on any atom is -0.464 e. The lowest BCUT2D eigenvalue weighted by molar-refractivity contribution is 0.0593. The van der Waals surface area contributed by atoms with Crippen LogP contribution in [0.2, 0.25) is 5.02 Å². The second-order valence-electron chi connectivity index (χ2n) is 6.11. The molecule has 26 heavy (non-hydrogen) atoms. The maximum absolute atomic E-state index is 12.0. The third kappa shape index (κ3) is 3.41. The van der Waals surface area contributed by atoms with Gasteiger partial charge < -0.3 is 14.5 Å². The van der Waals surface area contributed by atoms with Gasteiger partial charge in [-0.2, -0.15) is 0 Å². The molecular weight excluding hydrogens is 422 g/mol. The second kappa shape index (κ2) is 6.89. The van der Waals surface area contributed by atoms with Gasteiger partial charge in [0.1, 0.15) is 28.0 Å². The molecule has 0 bridgehead atoms. The lowest BCUT2D eigenvalue weighted by Gasteiger charge is -2.11. The summed E-state index contributed by atoms with van der Waals surface area (Å²) in [5.41, 5.74) is 0.884. The van der Waals surface area contributed by atoms with E-state index in [2.05, 4.69) is 31.2 Å². The quantitative estimate of drug-likeness (QED) is 0.572. The first-order valence-corrected chi connectivity index (χ1v) is 9.30. The molecule has 1 fully saturated rings. The summed E-state index contributed by atoms with van der Waals surface area (Å²) in [5, 5.41) is 4.30. The molecule has 6 nitrogen and oxygen atoms in total. The largest absolute Gasteiger partial charge is 0.464 e. The minimum atomic E-state index is -0.573. The van der Waals surface area contributed by atoms with Crippen molar-refractivity contribution in [2.75, 3.05) is 12.4 Å². The molecule has 0 unspecified atom stereocenters. The molecular formula is C18H15BrClN3O3. The molecule has 0 saturated heterocycles. The first-order valence-electron chi connectivity index (χ1n) is 8.12. The predicted molar refractivity (Wildman–Crippen MR) is 102 cm³/mol. The zero-order valence-corrected chi connectivity index (χ0v) is 16.2. The van der Waals surface area contributed by atoms with E-state index in [9.17, 15) is 4.79 Å². The van der Waals surface area contributed by atoms with Crippen LogP contribution in [0.1, 0.15) is 40.8 Å². The fourth-order valence-electron chi connectivity index (χ4n) is 2.66. The molecule has 2 heterocycles. The van der Waals surface area contributed by atoms with Crippen molar-refractivity contribution < 1.29 is 13.9 Å². The Hall–Kier alpha value is -2.12. The zero-order valence-electron chi connectivity index (χ0n) is 13.9. The molecule has 1 N–H and O–H groups in total. The number of aromatic nitrogens is 2. The topological polar surface area (TPSA) is 77.2 Å². The average Bonchev–Trinajstić information content (AvgIpc) is 3.40. The number of benzene rings is 1. The molecule has 4 rings (SSSR count). The van der Waals surface area contributed by atoms with Crippen LogP contribution in [0, 0.1) is 0 Å². The third-order valence-corrected chi connectivity index (χ3v) is 5.00. The van der Waals surface area contributed by atoms with E-state index < -0.39 is 5.97 Å². The van der Waals surface area contributed by atoms with Gasteiger partial charge in [0.25, 0.3) is 0 Å². The summed E-state index contributed by atoms with van der Waals surface area (Å²) >= 11 is 9.77. The normalized spacial score (nSPS) is 13.8. The van der Waals surface area contributed by atoms with Gasteiger partial charge in [0.15, 0.2) is 5.69 Å². The molecule has 134 valence electrons. The fourth-order valence-corrected chi connectivity index (χ4v) is 3.27. The molecule has 0 aliphatic heterocycles. The Kier molecular flexibility index (Phi) is 4.58. The monoisotopic (exact) mass is 435 g/mol. The first kappa shape index (κ1) is 17.3. The van der Waals surface area contributed by atoms with Crippen molar-refractivity contribution >= 4 is 50.3 Å². The van der Waals surface area contributed by atoms with E-state index in [1.807, 2.05) is 24.3 Å². The van der Waals surface area contributed by atoms with Crippen molar-refractivity contribution in [2.24, 2.45) is 0 Å². The molecule has 0 amide bonds. The highest BCUT2D eigenvalue weighted by atomic mass is 79.9. The molecule has 8 heteroatoms. The van der Waals surface area contributed by atoms with Crippen molar-refractivity contribution in [3.63, 3.8) is 0 Å². The van der Waals surface area contributed by atoms with Crippen molar-refractivity contribution in [3.8, 4) is 0 Å². The number of furan rings is 1. The van der Waals surface area contributed by atoms with E-state index in [0.29, 0.717) is 18.2 Å². The van der Waals surface area contributed by atoms with Crippen LogP contribution in [-0.4, -0.2) is 23.0 Å². The number of ether oxygens (including phenoxy) is 1. The summed E-state index contributed by atoms with van der Waals surface area (Å²) in [6.07, 6.45) is 2.03. The fraction of sp³-hybridized carbons (Fsp3) is 0.278. The smallest absolute Gasteiger partial charge is 0.358 e. The second-order valence-corrected chi connectivity index (χ2v) is 7.40. The summed E-state index contributed by atoms with van der Waals surface area (Å²) in [7, 11) is 1.30. The number of rotatable bonds is 5. The van der Waals surface area contributed by atoms with E-state index >= 15 is 0 Å². The molecule has 0 spiro atoms. The van der Waals surface area contributed by atoms with Gasteiger partial charge in [-0.3, -0.25) is 0 Å². The molecule has 1 saturated carbocycles. The number of carbonyl (C=O) groups excluding carboxylic acids is 1. The molecule has 3 aromatic rings. The number of fused-ring (bicyclic) bond motifs is 1. The Labute approximate surface area is 163 Å². The lowest BCUT2D eigenvalue weighted by atomic mass is 10.2. The van der Waals surface area contributed by atoms with Crippen LogP contribution in [0.5, 0.6) is 0 Å². The van der Waals surface area contributed by atoms with Crippen LogP contribution >= 0.6 is 27.5 Å². The highest BCUT2D eigenvalue weighted by molar-refractivity contribution is 9.10. The number of nitrogens with zero attached hydrogens (tertiary/aromatic N) is 2. The average molecular weight is 437 g/mol. The van der Waals surface area contributed by atoms with Gasteiger partial charge in [0, 0.05) is 15.8 Å². The number of hydrogen-bond acceptors (Lipinski definition) is 6. The van der Waals surface area contributed by atoms with Crippen LogP contribution in [0.4, 0.5) is 5.82 Å². The van der Waals surface area contributed by atoms with Gasteiger partial charge in [0.2, 0.25) is 0 Å². The Morgan fingerprint density at radius 2 is 2.19 bits per heavy atom. The van der Waals surface area contributed by atoms with Gasteiger partial charge in [-0.1, -0.05) is 27.5 Å². The third-order valence-electron chi connectivity index (χ3n) is 4.15. The van der Waals surface area contributed by atoms with Crippen molar-refractivity contribution in [1.29, 1.82) is 0 Å². The molecule has 1 aliphatic carbocycles. The number of hydrogen-bond donors (Lipinski definition) is 1. The van der Waals surface area contributed by atoms with Crippen LogP contribution in [-0.2, 0) is 11.3 Å². The van der Waals surface area contributed by atoms with Crippen LogP contribution in [0.15, 0.2) is 33.2 Å². The number of nitrogens with one attached hydrogen (secondary N) is 1. The van der Waals surface area contributed by atoms with Crippen molar-refractivity contribution in [2.45, 2.75) is 25.3 Å². The van der Waals surface area contributed by atoms with Gasteiger partial charge in [-0.05, 0) is 37.1 Å². The number of methoxy groups -OCH3 is 1. The Morgan fingerprint density at radius 1 is 1.38 bits per heavy atom. The van der Waals surface area contributed by atoms with Crippen LogP contribution < -0.4 is 5.32 Å². The zero-order chi connectivity index (χ0) is 18.3. The van der Waals surface area contributed by atoms with Crippen molar-refractivity contribution in [1.82, 2.24) is 9.97 Å². The van der Waals surface area contributed by atoms with Crippen LogP contribution in [0.3, 0.4) is 0 Å². The summed E-state index contributed by atoms with van der Waals surface area (Å²) in [5.74, 6) is 1.47. The van der Waals surface area contributed by atoms with Gasteiger partial charge in [0.05, 0.1) is 13.7 Å². The Morgan fingerprint density at radius 3 is 2.92 bits per heavy atom. The van der Waals surface area contributed by atoms with E-state index in [1.54, 1.807) is 0 Å². The van der Waals surface area contributed by atoms with Gasteiger partial charge in [-0.25, -0.2) is 14.8 Å². The highest BCUT2D eigenvalue weighted by Gasteiger charge is 2.30. The summed E-state index contributed by atoms with van der Waals surface area (Å²) < 4.78 is 11.6. The number of esters is 1. The van der Waals surface area contributed by atoms with Crippen molar-refractivity contribution in [3.05, 3.63) is 51.0 Å².